The van der Waals surface area contributed by atoms with Gasteiger partial charge in [0.05, 0.1) is 5.39 Å². The molecule has 0 spiro atoms. The van der Waals surface area contributed by atoms with Gasteiger partial charge in [0.25, 0.3) is 0 Å². The van der Waals surface area contributed by atoms with E-state index in [0.29, 0.717) is 6.04 Å². The SMILES string of the molecule is CCCN(c1ccc(C)cn1)[C@@H]1CCN(c2ncnc3[nH]ccc23)C1. The second kappa shape index (κ2) is 6.70. The summed E-state index contributed by atoms with van der Waals surface area (Å²) < 4.78 is 0. The number of H-pyrrole nitrogens is 1. The molecular formula is C19H24N6. The first-order chi connectivity index (χ1) is 12.3. The first-order valence-electron chi connectivity index (χ1n) is 8.98. The molecule has 3 aromatic rings. The van der Waals surface area contributed by atoms with E-state index < -0.39 is 0 Å². The number of rotatable bonds is 5. The molecule has 130 valence electrons. The van der Waals surface area contributed by atoms with E-state index >= 15 is 0 Å². The summed E-state index contributed by atoms with van der Waals surface area (Å²) >= 11 is 0. The van der Waals surface area contributed by atoms with Crippen molar-refractivity contribution in [3.05, 3.63) is 42.5 Å². The molecule has 0 unspecified atom stereocenters. The molecule has 1 N–H and O–H groups in total. The zero-order valence-corrected chi connectivity index (χ0v) is 14.8. The second-order valence-corrected chi connectivity index (χ2v) is 6.71. The Balaban J connectivity index is 1.57. The highest BCUT2D eigenvalue weighted by Gasteiger charge is 2.29. The maximum Gasteiger partial charge on any atom is 0.142 e. The third kappa shape index (κ3) is 3.04. The van der Waals surface area contributed by atoms with Crippen molar-refractivity contribution in [1.82, 2.24) is 19.9 Å². The van der Waals surface area contributed by atoms with Crippen molar-refractivity contribution in [1.29, 1.82) is 0 Å². The van der Waals surface area contributed by atoms with Crippen LogP contribution in [-0.4, -0.2) is 45.6 Å². The third-order valence-electron chi connectivity index (χ3n) is 4.89. The minimum Gasteiger partial charge on any atom is -0.354 e. The number of nitrogens with zero attached hydrogens (tertiary/aromatic N) is 5. The number of aryl methyl sites for hydroxylation is 1. The lowest BCUT2D eigenvalue weighted by Gasteiger charge is -2.30. The van der Waals surface area contributed by atoms with Gasteiger partial charge < -0.3 is 14.8 Å². The number of nitrogens with one attached hydrogen (secondary N) is 1. The van der Waals surface area contributed by atoms with Gasteiger partial charge in [-0.05, 0) is 37.5 Å². The van der Waals surface area contributed by atoms with Crippen molar-refractivity contribution in [2.24, 2.45) is 0 Å². The van der Waals surface area contributed by atoms with Gasteiger partial charge in [-0.25, -0.2) is 15.0 Å². The fourth-order valence-corrected chi connectivity index (χ4v) is 3.65. The van der Waals surface area contributed by atoms with Crippen molar-refractivity contribution in [2.75, 3.05) is 29.4 Å². The number of hydrogen-bond acceptors (Lipinski definition) is 5. The number of aromatic amines is 1. The molecule has 0 saturated carbocycles. The second-order valence-electron chi connectivity index (χ2n) is 6.71. The molecular weight excluding hydrogens is 312 g/mol. The lowest BCUT2D eigenvalue weighted by atomic mass is 10.2. The van der Waals surface area contributed by atoms with Crippen LogP contribution in [0.1, 0.15) is 25.3 Å². The van der Waals surface area contributed by atoms with Gasteiger partial charge >= 0.3 is 0 Å². The normalized spacial score (nSPS) is 17.4. The average molecular weight is 336 g/mol. The summed E-state index contributed by atoms with van der Waals surface area (Å²) in [6.07, 6.45) is 7.76. The third-order valence-corrected chi connectivity index (χ3v) is 4.89. The lowest BCUT2D eigenvalue weighted by Crippen LogP contribution is -2.39. The Bertz CT molecular complexity index is 841. The largest absolute Gasteiger partial charge is 0.354 e. The maximum absolute atomic E-state index is 4.66. The predicted octanol–water partition coefficient (Wildman–Crippen LogP) is 3.16. The molecule has 0 bridgehead atoms. The van der Waals surface area contributed by atoms with E-state index in [-0.39, 0.29) is 0 Å². The van der Waals surface area contributed by atoms with Gasteiger partial charge in [-0.3, -0.25) is 0 Å². The van der Waals surface area contributed by atoms with Crippen LogP contribution >= 0.6 is 0 Å². The maximum atomic E-state index is 4.66. The molecule has 0 radical (unpaired) electrons. The quantitative estimate of drug-likeness (QED) is 0.775. The van der Waals surface area contributed by atoms with E-state index in [1.54, 1.807) is 6.33 Å². The van der Waals surface area contributed by atoms with Gasteiger partial charge in [0.1, 0.15) is 23.6 Å². The van der Waals surface area contributed by atoms with Crippen LogP contribution in [0.3, 0.4) is 0 Å². The van der Waals surface area contributed by atoms with Crippen LogP contribution < -0.4 is 9.80 Å². The van der Waals surface area contributed by atoms with Crippen molar-refractivity contribution in [2.45, 2.75) is 32.7 Å². The highest BCUT2D eigenvalue weighted by Crippen LogP contribution is 2.28. The van der Waals surface area contributed by atoms with Gasteiger partial charge in [0, 0.05) is 38.1 Å². The standard InChI is InChI=1S/C19H24N6/c1-3-9-25(17-5-4-14(2)11-21-17)15-7-10-24(12-15)19-16-6-8-20-18(16)22-13-23-19/h4-6,8,11,13,15H,3,7,9-10,12H2,1-2H3,(H,20,22,23)/t15-/m1/s1. The van der Waals surface area contributed by atoms with Crippen LogP contribution in [0.25, 0.3) is 11.0 Å². The van der Waals surface area contributed by atoms with Gasteiger partial charge in [-0.1, -0.05) is 13.0 Å². The summed E-state index contributed by atoms with van der Waals surface area (Å²) in [7, 11) is 0. The molecule has 6 heteroatoms. The molecule has 4 rings (SSSR count). The summed E-state index contributed by atoms with van der Waals surface area (Å²) in [6, 6.07) is 6.80. The number of pyridine rings is 1. The molecule has 0 aromatic carbocycles. The minimum atomic E-state index is 0.458. The monoisotopic (exact) mass is 336 g/mol. The lowest BCUT2D eigenvalue weighted by molar-refractivity contribution is 0.622. The predicted molar refractivity (Wildman–Crippen MR) is 101 cm³/mol. The Morgan fingerprint density at radius 3 is 2.96 bits per heavy atom. The van der Waals surface area contributed by atoms with Gasteiger partial charge in [-0.2, -0.15) is 0 Å². The van der Waals surface area contributed by atoms with E-state index in [1.807, 2.05) is 12.4 Å². The van der Waals surface area contributed by atoms with Crippen molar-refractivity contribution < 1.29 is 0 Å². The average Bonchev–Trinajstić information content (AvgIpc) is 3.29. The zero-order valence-electron chi connectivity index (χ0n) is 14.8. The van der Waals surface area contributed by atoms with Crippen LogP contribution in [0, 0.1) is 6.92 Å². The van der Waals surface area contributed by atoms with Gasteiger partial charge in [0.15, 0.2) is 0 Å². The van der Waals surface area contributed by atoms with Crippen LogP contribution in [0.4, 0.5) is 11.6 Å². The van der Waals surface area contributed by atoms with E-state index in [2.05, 4.69) is 61.8 Å². The summed E-state index contributed by atoms with van der Waals surface area (Å²) in [5, 5.41) is 1.10. The highest BCUT2D eigenvalue weighted by molar-refractivity contribution is 5.87. The molecule has 1 fully saturated rings. The van der Waals surface area contributed by atoms with E-state index in [4.69, 9.17) is 0 Å². The summed E-state index contributed by atoms with van der Waals surface area (Å²) in [6.45, 7) is 7.30. The van der Waals surface area contributed by atoms with Crippen molar-refractivity contribution >= 4 is 22.7 Å². The molecule has 1 aliphatic heterocycles. The van der Waals surface area contributed by atoms with Crippen LogP contribution in [0.2, 0.25) is 0 Å². The number of anilines is 2. The molecule has 1 saturated heterocycles. The van der Waals surface area contributed by atoms with E-state index in [0.717, 1.165) is 55.1 Å². The smallest absolute Gasteiger partial charge is 0.142 e. The molecule has 1 atom stereocenters. The molecule has 4 heterocycles. The van der Waals surface area contributed by atoms with Crippen molar-refractivity contribution in [3.63, 3.8) is 0 Å². The first-order valence-corrected chi connectivity index (χ1v) is 8.98. The topological polar surface area (TPSA) is 60.9 Å². The molecule has 0 amide bonds. The number of aromatic nitrogens is 4. The van der Waals surface area contributed by atoms with Crippen molar-refractivity contribution in [3.8, 4) is 0 Å². The Hall–Kier alpha value is -2.63. The molecule has 1 aliphatic rings. The van der Waals surface area contributed by atoms with Crippen LogP contribution in [-0.2, 0) is 0 Å². The fraction of sp³-hybridized carbons (Fsp3) is 0.421. The Labute approximate surface area is 147 Å². The summed E-state index contributed by atoms with van der Waals surface area (Å²) in [5.74, 6) is 2.11. The zero-order chi connectivity index (χ0) is 17.2. The molecule has 6 nitrogen and oxygen atoms in total. The minimum absolute atomic E-state index is 0.458. The summed E-state index contributed by atoms with van der Waals surface area (Å²) in [4.78, 5) is 21.5. The van der Waals surface area contributed by atoms with Crippen LogP contribution in [0.5, 0.6) is 0 Å². The molecule has 0 aliphatic carbocycles. The highest BCUT2D eigenvalue weighted by atomic mass is 15.3. The molecule has 25 heavy (non-hydrogen) atoms. The number of hydrogen-bond donors (Lipinski definition) is 1. The Kier molecular flexibility index (Phi) is 4.26. The first kappa shape index (κ1) is 15.9. The van der Waals surface area contributed by atoms with Crippen LogP contribution in [0.15, 0.2) is 36.9 Å². The molecule has 3 aromatic heterocycles. The Morgan fingerprint density at radius 2 is 2.16 bits per heavy atom. The van der Waals surface area contributed by atoms with Gasteiger partial charge in [0.2, 0.25) is 0 Å². The fourth-order valence-electron chi connectivity index (χ4n) is 3.65. The van der Waals surface area contributed by atoms with E-state index in [9.17, 15) is 0 Å². The Morgan fingerprint density at radius 1 is 1.24 bits per heavy atom. The van der Waals surface area contributed by atoms with E-state index in [1.165, 1.54) is 5.56 Å². The summed E-state index contributed by atoms with van der Waals surface area (Å²) in [5.41, 5.74) is 2.10. The number of fused-ring (bicyclic) bond motifs is 1. The van der Waals surface area contributed by atoms with Gasteiger partial charge in [-0.15, -0.1) is 0 Å².